The van der Waals surface area contributed by atoms with Crippen molar-refractivity contribution in [3.8, 4) is 5.75 Å². The number of nitrogens with one attached hydrogen (secondary N) is 1. The first-order valence-electron chi connectivity index (χ1n) is 10.8. The minimum absolute atomic E-state index is 0.0292. The number of nitrogens with two attached hydrogens (primary N) is 1. The number of pyridine rings is 2. The summed E-state index contributed by atoms with van der Waals surface area (Å²) in [5, 5.41) is -0.0466. The molecule has 3 atom stereocenters. The number of alkyl halides is 2. The molecule has 0 bridgehead atoms. The second-order valence-electron chi connectivity index (χ2n) is 8.54. The summed E-state index contributed by atoms with van der Waals surface area (Å²) in [6, 6.07) is 4.85. The molecule has 1 amide bonds. The largest absolute Gasteiger partial charge is 0.493 e. The van der Waals surface area contributed by atoms with Crippen molar-refractivity contribution in [2.45, 2.75) is 43.9 Å². The van der Waals surface area contributed by atoms with E-state index in [1.54, 1.807) is 6.92 Å². The first-order chi connectivity index (χ1) is 16.1. The third kappa shape index (κ3) is 3.91. The van der Waals surface area contributed by atoms with Gasteiger partial charge in [0.2, 0.25) is 5.82 Å². The monoisotopic (exact) mass is 477 g/mol. The summed E-state index contributed by atoms with van der Waals surface area (Å²) >= 11 is 0. The van der Waals surface area contributed by atoms with E-state index in [1.807, 2.05) is 0 Å². The fourth-order valence-electron chi connectivity index (χ4n) is 5.03. The van der Waals surface area contributed by atoms with Crippen LogP contribution in [0.15, 0.2) is 35.3 Å². The third-order valence-corrected chi connectivity index (χ3v) is 6.69. The zero-order valence-corrected chi connectivity index (χ0v) is 18.5. The number of primary amides is 1. The molecule has 0 saturated heterocycles. The molecule has 34 heavy (non-hydrogen) atoms. The molecular formula is C24H23F4N3O3. The fourth-order valence-corrected chi connectivity index (χ4v) is 5.03. The van der Waals surface area contributed by atoms with Gasteiger partial charge in [0.15, 0.2) is 17.0 Å². The van der Waals surface area contributed by atoms with E-state index in [4.69, 9.17) is 10.5 Å². The number of amides is 1. The zero-order chi connectivity index (χ0) is 24.8. The van der Waals surface area contributed by atoms with E-state index in [9.17, 15) is 18.4 Å². The molecule has 2 unspecified atom stereocenters. The van der Waals surface area contributed by atoms with Crippen LogP contribution in [0, 0.1) is 17.6 Å². The van der Waals surface area contributed by atoms with Crippen LogP contribution in [0.2, 0.25) is 0 Å². The van der Waals surface area contributed by atoms with Gasteiger partial charge in [0.25, 0.3) is 11.8 Å². The normalized spacial score (nSPS) is 22.0. The molecule has 1 aliphatic rings. The quantitative estimate of drug-likeness (QED) is 0.524. The molecule has 1 saturated carbocycles. The Morgan fingerprint density at radius 3 is 2.65 bits per heavy atom. The van der Waals surface area contributed by atoms with E-state index in [1.165, 1.54) is 25.4 Å². The Hall–Kier alpha value is -3.43. The molecule has 6 nitrogen and oxygen atoms in total. The van der Waals surface area contributed by atoms with Crippen LogP contribution in [0.1, 0.15) is 59.8 Å². The number of ether oxygens (including phenoxy) is 1. The van der Waals surface area contributed by atoms with Crippen molar-refractivity contribution >= 4 is 16.8 Å². The first kappa shape index (κ1) is 23.7. The maximum Gasteiger partial charge on any atom is 0.268 e. The maximum absolute atomic E-state index is 15.1. The van der Waals surface area contributed by atoms with Gasteiger partial charge >= 0.3 is 0 Å². The van der Waals surface area contributed by atoms with Gasteiger partial charge in [0, 0.05) is 41.8 Å². The molecule has 1 fully saturated rings. The summed E-state index contributed by atoms with van der Waals surface area (Å²) in [6.45, 7) is 1.65. The van der Waals surface area contributed by atoms with E-state index >= 15 is 8.78 Å². The molecular weight excluding hydrogens is 454 g/mol. The lowest BCUT2D eigenvalue weighted by Crippen LogP contribution is -2.39. The molecule has 0 aliphatic heterocycles. The van der Waals surface area contributed by atoms with Crippen molar-refractivity contribution in [3.05, 3.63) is 69.3 Å². The van der Waals surface area contributed by atoms with Crippen molar-refractivity contribution in [1.82, 2.24) is 9.97 Å². The number of rotatable bonds is 5. The van der Waals surface area contributed by atoms with Crippen molar-refractivity contribution in [1.29, 1.82) is 0 Å². The number of halogens is 4. The highest BCUT2D eigenvalue weighted by Gasteiger charge is 2.50. The Morgan fingerprint density at radius 2 is 2.00 bits per heavy atom. The molecule has 0 radical (unpaired) electrons. The summed E-state index contributed by atoms with van der Waals surface area (Å²) < 4.78 is 63.6. The van der Waals surface area contributed by atoms with Crippen molar-refractivity contribution < 1.29 is 27.1 Å². The number of carbonyl (C=O) groups excluding carboxylic acids is 1. The number of hydrogen-bond donors (Lipinski definition) is 2. The molecule has 2 heterocycles. The lowest BCUT2D eigenvalue weighted by Gasteiger charge is -2.41. The lowest BCUT2D eigenvalue weighted by molar-refractivity contribution is -0.0985. The Morgan fingerprint density at radius 1 is 1.26 bits per heavy atom. The van der Waals surface area contributed by atoms with Gasteiger partial charge in [0.05, 0.1) is 18.0 Å². The summed E-state index contributed by atoms with van der Waals surface area (Å²) in [4.78, 5) is 31.5. The summed E-state index contributed by atoms with van der Waals surface area (Å²) in [5.41, 5.74) is 5.12. The Bertz CT molecular complexity index is 1320. The Labute approximate surface area is 192 Å². The van der Waals surface area contributed by atoms with Gasteiger partial charge in [-0.2, -0.15) is 4.39 Å². The third-order valence-electron chi connectivity index (χ3n) is 6.69. The van der Waals surface area contributed by atoms with Gasteiger partial charge in [-0.25, -0.2) is 13.2 Å². The van der Waals surface area contributed by atoms with Gasteiger partial charge < -0.3 is 15.5 Å². The molecule has 10 heteroatoms. The van der Waals surface area contributed by atoms with Crippen LogP contribution in [0.3, 0.4) is 0 Å². The zero-order valence-electron chi connectivity index (χ0n) is 18.5. The van der Waals surface area contributed by atoms with Crippen LogP contribution in [0.4, 0.5) is 17.6 Å². The van der Waals surface area contributed by atoms with E-state index in [0.29, 0.717) is 0 Å². The average Bonchev–Trinajstić information content (AvgIpc) is 2.79. The standard InChI is InChI=1S/C24H23F4N3O3/c1-3-11-8-13(12-4-5-15(25)20(26)22(12)34-2)14(10-24(11,27)28)17-9-18(32)19-16(31-17)6-7-30-21(19)23(29)33/h4-7,9,11,13-14H,3,8,10H2,1-2H3,(H2,29,33)(H,31,32)/t11-,13?,14?/m0/s1. The number of nitrogens with zero attached hydrogens (tertiary/aromatic N) is 1. The Kier molecular flexibility index (Phi) is 6.09. The lowest BCUT2D eigenvalue weighted by atomic mass is 9.67. The summed E-state index contributed by atoms with van der Waals surface area (Å²) in [6.07, 6.45) is 0.816. The molecule has 1 aliphatic carbocycles. The number of methoxy groups -OCH3 is 1. The van der Waals surface area contributed by atoms with Gasteiger partial charge in [0.1, 0.15) is 5.69 Å². The second-order valence-corrected chi connectivity index (χ2v) is 8.54. The highest BCUT2D eigenvalue weighted by molar-refractivity contribution is 6.03. The molecule has 3 aromatic rings. The maximum atomic E-state index is 15.1. The van der Waals surface area contributed by atoms with Gasteiger partial charge in [-0.05, 0) is 30.9 Å². The first-order valence-corrected chi connectivity index (χ1v) is 10.8. The number of H-pyrrole nitrogens is 1. The molecule has 3 N–H and O–H groups in total. The number of aromatic amines is 1. The highest BCUT2D eigenvalue weighted by Crippen LogP contribution is 2.54. The van der Waals surface area contributed by atoms with Gasteiger partial charge in [-0.3, -0.25) is 14.6 Å². The van der Waals surface area contributed by atoms with E-state index < -0.39 is 53.1 Å². The van der Waals surface area contributed by atoms with E-state index in [0.717, 1.165) is 12.1 Å². The number of fused-ring (bicyclic) bond motifs is 1. The number of hydrogen-bond acceptors (Lipinski definition) is 4. The molecule has 180 valence electrons. The summed E-state index contributed by atoms with van der Waals surface area (Å²) in [5.74, 6) is -9.25. The molecule has 4 rings (SSSR count). The molecule has 0 spiro atoms. The molecule has 2 aromatic heterocycles. The van der Waals surface area contributed by atoms with Gasteiger partial charge in [-0.15, -0.1) is 0 Å². The smallest absolute Gasteiger partial charge is 0.268 e. The fraction of sp³-hybridized carbons (Fsp3) is 0.375. The van der Waals surface area contributed by atoms with E-state index in [-0.39, 0.29) is 46.4 Å². The minimum Gasteiger partial charge on any atom is -0.493 e. The Balaban J connectivity index is 1.92. The number of benzene rings is 1. The van der Waals surface area contributed by atoms with Crippen LogP contribution in [-0.4, -0.2) is 28.9 Å². The van der Waals surface area contributed by atoms with Crippen LogP contribution in [0.25, 0.3) is 10.9 Å². The predicted molar refractivity (Wildman–Crippen MR) is 117 cm³/mol. The van der Waals surface area contributed by atoms with Crippen LogP contribution in [0.5, 0.6) is 5.75 Å². The van der Waals surface area contributed by atoms with Crippen LogP contribution < -0.4 is 15.9 Å². The van der Waals surface area contributed by atoms with Crippen LogP contribution in [-0.2, 0) is 0 Å². The van der Waals surface area contributed by atoms with E-state index in [2.05, 4.69) is 9.97 Å². The van der Waals surface area contributed by atoms with Crippen molar-refractivity contribution in [3.63, 3.8) is 0 Å². The second kappa shape index (κ2) is 8.73. The molecule has 1 aromatic carbocycles. The van der Waals surface area contributed by atoms with Gasteiger partial charge in [-0.1, -0.05) is 13.0 Å². The predicted octanol–water partition coefficient (Wildman–Crippen LogP) is 4.63. The van der Waals surface area contributed by atoms with Crippen molar-refractivity contribution in [2.24, 2.45) is 11.7 Å². The van der Waals surface area contributed by atoms with Crippen LogP contribution >= 0.6 is 0 Å². The topological polar surface area (TPSA) is 98.1 Å². The number of carbonyl (C=O) groups is 1. The highest BCUT2D eigenvalue weighted by atomic mass is 19.3. The summed E-state index contributed by atoms with van der Waals surface area (Å²) in [7, 11) is 1.18. The SMILES string of the molecule is CC[C@H]1CC(c2ccc(F)c(F)c2OC)C(c2cc(=O)c3c(C(N)=O)nccc3[nH]2)CC1(F)F. The van der Waals surface area contributed by atoms with Crippen molar-refractivity contribution in [2.75, 3.05) is 7.11 Å². The average molecular weight is 477 g/mol. The number of aromatic nitrogens is 2. The minimum atomic E-state index is -3.05.